The first kappa shape index (κ1) is 17.8. The Balaban J connectivity index is 1.40. The van der Waals surface area contributed by atoms with Crippen LogP contribution in [0.3, 0.4) is 0 Å². The highest BCUT2D eigenvalue weighted by Gasteiger charge is 2.31. The number of likely N-dealkylation sites (tertiary alicyclic amines) is 1. The lowest BCUT2D eigenvalue weighted by atomic mass is 9.93. The number of rotatable bonds is 2. The number of anilines is 1. The van der Waals surface area contributed by atoms with Crippen LogP contribution in [0, 0.1) is 25.7 Å². The van der Waals surface area contributed by atoms with Gasteiger partial charge in [-0.2, -0.15) is 0 Å². The Morgan fingerprint density at radius 1 is 1.08 bits per heavy atom. The molecule has 0 spiro atoms. The van der Waals surface area contributed by atoms with Gasteiger partial charge in [-0.05, 0) is 62.6 Å². The summed E-state index contributed by atoms with van der Waals surface area (Å²) in [5.41, 5.74) is 3.69. The molecule has 1 amide bonds. The van der Waals surface area contributed by atoms with Crippen LogP contribution in [0.4, 0.5) is 5.13 Å². The van der Waals surface area contributed by atoms with E-state index in [9.17, 15) is 4.79 Å². The van der Waals surface area contributed by atoms with Gasteiger partial charge in [-0.3, -0.25) is 4.79 Å². The Morgan fingerprint density at radius 2 is 1.77 bits per heavy atom. The van der Waals surface area contributed by atoms with Crippen molar-refractivity contribution >= 4 is 32.6 Å². The minimum Gasteiger partial charge on any atom is -0.348 e. The molecule has 3 heterocycles. The number of hydrogen-bond donors (Lipinski definition) is 0. The summed E-state index contributed by atoms with van der Waals surface area (Å²) >= 11 is 1.79. The summed E-state index contributed by atoms with van der Waals surface area (Å²) in [5.74, 6) is 1.37. The summed E-state index contributed by atoms with van der Waals surface area (Å²) in [7, 11) is 0. The molecule has 4 nitrogen and oxygen atoms in total. The third-order valence-corrected chi connectivity index (χ3v) is 7.09. The first-order valence-electron chi connectivity index (χ1n) is 9.93. The zero-order valence-electron chi connectivity index (χ0n) is 16.1. The second-order valence-electron chi connectivity index (χ2n) is 8.19. The van der Waals surface area contributed by atoms with Crippen LogP contribution in [0.15, 0.2) is 12.1 Å². The SMILES string of the molecule is Cc1cc(C)c2nc(N3CCC(C(=O)N4CCC(C)CC4)CC3)sc2c1. The number of fused-ring (bicyclic) bond motifs is 1. The highest BCUT2D eigenvalue weighted by atomic mass is 32.1. The van der Waals surface area contributed by atoms with E-state index in [0.717, 1.165) is 68.4 Å². The van der Waals surface area contributed by atoms with Gasteiger partial charge < -0.3 is 9.80 Å². The molecule has 0 atom stereocenters. The summed E-state index contributed by atoms with van der Waals surface area (Å²) in [4.78, 5) is 22.2. The van der Waals surface area contributed by atoms with Crippen molar-refractivity contribution < 1.29 is 4.79 Å². The molecule has 2 fully saturated rings. The average Bonchev–Trinajstić information content (AvgIpc) is 3.06. The van der Waals surface area contributed by atoms with Gasteiger partial charge in [0.25, 0.3) is 0 Å². The van der Waals surface area contributed by atoms with Crippen LogP contribution in [0.1, 0.15) is 43.7 Å². The van der Waals surface area contributed by atoms with E-state index in [1.807, 2.05) is 0 Å². The Labute approximate surface area is 160 Å². The van der Waals surface area contributed by atoms with Crippen LogP contribution in [0.2, 0.25) is 0 Å². The molecule has 0 bridgehead atoms. The lowest BCUT2D eigenvalue weighted by Gasteiger charge is -2.36. The summed E-state index contributed by atoms with van der Waals surface area (Å²) in [5, 5.41) is 1.12. The maximum absolute atomic E-state index is 12.8. The topological polar surface area (TPSA) is 36.4 Å². The van der Waals surface area contributed by atoms with Crippen molar-refractivity contribution in [3.8, 4) is 0 Å². The first-order chi connectivity index (χ1) is 12.5. The summed E-state index contributed by atoms with van der Waals surface area (Å²) in [6.07, 6.45) is 4.24. The second kappa shape index (κ2) is 7.18. The van der Waals surface area contributed by atoms with Crippen molar-refractivity contribution in [2.45, 2.75) is 46.5 Å². The molecule has 0 N–H and O–H groups in total. The number of carbonyl (C=O) groups is 1. The van der Waals surface area contributed by atoms with Gasteiger partial charge >= 0.3 is 0 Å². The zero-order valence-corrected chi connectivity index (χ0v) is 16.9. The maximum Gasteiger partial charge on any atom is 0.225 e. The fourth-order valence-corrected chi connectivity index (χ4v) is 5.49. The fourth-order valence-electron chi connectivity index (χ4n) is 4.30. The molecule has 26 heavy (non-hydrogen) atoms. The number of amides is 1. The summed E-state index contributed by atoms with van der Waals surface area (Å²) in [6, 6.07) is 4.44. The highest BCUT2D eigenvalue weighted by Crippen LogP contribution is 2.34. The number of aryl methyl sites for hydroxylation is 2. The van der Waals surface area contributed by atoms with Gasteiger partial charge in [0.15, 0.2) is 5.13 Å². The number of benzene rings is 1. The third-order valence-electron chi connectivity index (χ3n) is 6.03. The molecular weight excluding hydrogens is 342 g/mol. The van der Waals surface area contributed by atoms with Gasteiger partial charge in [0.05, 0.1) is 10.2 Å². The van der Waals surface area contributed by atoms with E-state index >= 15 is 0 Å². The van der Waals surface area contributed by atoms with Crippen molar-refractivity contribution in [2.75, 3.05) is 31.1 Å². The van der Waals surface area contributed by atoms with E-state index in [1.165, 1.54) is 15.8 Å². The molecule has 0 unspecified atom stereocenters. The molecule has 0 radical (unpaired) electrons. The Bertz CT molecular complexity index is 799. The van der Waals surface area contributed by atoms with Crippen molar-refractivity contribution in [2.24, 2.45) is 11.8 Å². The minimum absolute atomic E-state index is 0.206. The number of piperidine rings is 2. The van der Waals surface area contributed by atoms with Crippen molar-refractivity contribution in [3.05, 3.63) is 23.3 Å². The predicted octanol–water partition coefficient (Wildman–Crippen LogP) is 4.39. The number of carbonyl (C=O) groups excluding carboxylic acids is 1. The van der Waals surface area contributed by atoms with Crippen molar-refractivity contribution in [1.82, 2.24) is 9.88 Å². The standard InChI is InChI=1S/C21H29N3OS/c1-14-4-8-23(9-5-14)20(25)17-6-10-24(11-7-17)21-22-19-16(3)12-15(2)13-18(19)26-21/h12-14,17H,4-11H2,1-3H3. The van der Waals surface area contributed by atoms with E-state index in [0.29, 0.717) is 5.91 Å². The van der Waals surface area contributed by atoms with Crippen LogP contribution >= 0.6 is 11.3 Å². The minimum atomic E-state index is 0.206. The van der Waals surface area contributed by atoms with Crippen LogP contribution in [-0.4, -0.2) is 42.0 Å². The van der Waals surface area contributed by atoms with E-state index in [1.54, 1.807) is 11.3 Å². The van der Waals surface area contributed by atoms with E-state index in [4.69, 9.17) is 4.98 Å². The van der Waals surface area contributed by atoms with Gasteiger partial charge in [0.1, 0.15) is 0 Å². The van der Waals surface area contributed by atoms with Gasteiger partial charge in [-0.15, -0.1) is 0 Å². The monoisotopic (exact) mass is 371 g/mol. The molecule has 1 aromatic carbocycles. The largest absolute Gasteiger partial charge is 0.348 e. The van der Waals surface area contributed by atoms with Crippen LogP contribution in [0.5, 0.6) is 0 Å². The molecule has 2 aliphatic rings. The Kier molecular flexibility index (Phi) is 4.91. The van der Waals surface area contributed by atoms with Gasteiger partial charge in [0, 0.05) is 32.1 Å². The van der Waals surface area contributed by atoms with E-state index in [2.05, 4.69) is 42.7 Å². The van der Waals surface area contributed by atoms with Gasteiger partial charge in [0.2, 0.25) is 5.91 Å². The van der Waals surface area contributed by atoms with Gasteiger partial charge in [-0.25, -0.2) is 4.98 Å². The number of thiazole rings is 1. The van der Waals surface area contributed by atoms with Crippen LogP contribution < -0.4 is 4.90 Å². The van der Waals surface area contributed by atoms with Crippen molar-refractivity contribution in [1.29, 1.82) is 0 Å². The third kappa shape index (κ3) is 3.46. The normalized spacial score (nSPS) is 20.1. The smallest absolute Gasteiger partial charge is 0.225 e. The Hall–Kier alpha value is -1.62. The molecular formula is C21H29N3OS. The molecule has 0 saturated carbocycles. The lowest BCUT2D eigenvalue weighted by molar-refractivity contribution is -0.137. The summed E-state index contributed by atoms with van der Waals surface area (Å²) < 4.78 is 1.28. The summed E-state index contributed by atoms with van der Waals surface area (Å²) in [6.45, 7) is 10.4. The molecule has 2 aliphatic heterocycles. The molecule has 2 saturated heterocycles. The lowest BCUT2D eigenvalue weighted by Crippen LogP contribution is -2.45. The number of nitrogens with zero attached hydrogens (tertiary/aromatic N) is 3. The molecule has 140 valence electrons. The van der Waals surface area contributed by atoms with E-state index < -0.39 is 0 Å². The predicted molar refractivity (Wildman–Crippen MR) is 109 cm³/mol. The fraction of sp³-hybridized carbons (Fsp3) is 0.619. The molecule has 0 aliphatic carbocycles. The zero-order chi connectivity index (χ0) is 18.3. The second-order valence-corrected chi connectivity index (χ2v) is 9.20. The molecule has 4 rings (SSSR count). The van der Waals surface area contributed by atoms with Crippen LogP contribution in [-0.2, 0) is 4.79 Å². The molecule has 2 aromatic rings. The molecule has 1 aromatic heterocycles. The highest BCUT2D eigenvalue weighted by molar-refractivity contribution is 7.22. The number of aromatic nitrogens is 1. The number of hydrogen-bond acceptors (Lipinski definition) is 4. The average molecular weight is 372 g/mol. The van der Waals surface area contributed by atoms with Crippen molar-refractivity contribution in [3.63, 3.8) is 0 Å². The van der Waals surface area contributed by atoms with Gasteiger partial charge in [-0.1, -0.05) is 24.3 Å². The quantitative estimate of drug-likeness (QED) is 0.786. The first-order valence-corrected chi connectivity index (χ1v) is 10.7. The Morgan fingerprint density at radius 3 is 2.46 bits per heavy atom. The van der Waals surface area contributed by atoms with E-state index in [-0.39, 0.29) is 5.92 Å². The van der Waals surface area contributed by atoms with Crippen LogP contribution in [0.25, 0.3) is 10.2 Å². The molecule has 5 heteroatoms. The maximum atomic E-state index is 12.8.